The van der Waals surface area contributed by atoms with Crippen molar-refractivity contribution in [3.63, 3.8) is 0 Å². The molecule has 0 unspecified atom stereocenters. The molecule has 0 bridgehead atoms. The van der Waals surface area contributed by atoms with Crippen LogP contribution in [0, 0.1) is 0 Å². The van der Waals surface area contributed by atoms with Crippen LogP contribution in [-0.2, 0) is 0 Å². The smallest absolute Gasteiger partial charge is 0.229 e. The maximum atomic E-state index is 11.9. The average Bonchev–Trinajstić information content (AvgIpc) is 1.93. The monoisotopic (exact) mass is 315 g/mol. The molecule has 0 amide bonds. The van der Waals surface area contributed by atoms with Crippen molar-refractivity contribution in [2.24, 2.45) is 4.99 Å². The molecule has 17 heavy (non-hydrogen) atoms. The molecule has 102 valence electrons. The Labute approximate surface area is 97.2 Å². The van der Waals surface area contributed by atoms with Crippen molar-refractivity contribution >= 4 is 28.9 Å². The molecule has 0 N–H and O–H groups in total. The molecule has 0 aromatic rings. The molecule has 0 saturated carbocycles. The van der Waals surface area contributed by atoms with Crippen molar-refractivity contribution in [2.45, 2.75) is 23.0 Å². The predicted molar refractivity (Wildman–Crippen MR) is 40.0 cm³/mol. The van der Waals surface area contributed by atoms with Gasteiger partial charge in [-0.2, -0.15) is 39.5 Å². The summed E-state index contributed by atoms with van der Waals surface area (Å²) < 4.78 is 102. The summed E-state index contributed by atoms with van der Waals surface area (Å²) in [6, 6.07) is 0. The number of hydrogen-bond acceptors (Lipinski definition) is 1. The first-order valence-corrected chi connectivity index (χ1v) is 4.03. The summed E-state index contributed by atoms with van der Waals surface area (Å²) in [7, 11) is 0. The van der Waals surface area contributed by atoms with Gasteiger partial charge < -0.3 is 0 Å². The highest BCUT2D eigenvalue weighted by Gasteiger charge is 2.59. The standard InChI is InChI=1S/C5Cl2F9N/c6-4(7,5(14,15)16)17-1(2(8,9)10)3(11,12)13. The van der Waals surface area contributed by atoms with Crippen molar-refractivity contribution in [2.75, 3.05) is 0 Å². The molecule has 0 fully saturated rings. The summed E-state index contributed by atoms with van der Waals surface area (Å²) >= 11 is 8.54. The van der Waals surface area contributed by atoms with E-state index in [1.165, 1.54) is 4.99 Å². The van der Waals surface area contributed by atoms with Gasteiger partial charge in [-0.05, 0) is 0 Å². The van der Waals surface area contributed by atoms with Crippen LogP contribution in [0.2, 0.25) is 0 Å². The highest BCUT2D eigenvalue weighted by molar-refractivity contribution is 6.49. The van der Waals surface area contributed by atoms with Gasteiger partial charge in [0.05, 0.1) is 0 Å². The van der Waals surface area contributed by atoms with Gasteiger partial charge in [-0.3, -0.25) is 0 Å². The summed E-state index contributed by atoms with van der Waals surface area (Å²) in [5, 5.41) is 0. The molecular weight excluding hydrogens is 316 g/mol. The van der Waals surface area contributed by atoms with E-state index in [0.717, 1.165) is 0 Å². The number of hydrogen-bond donors (Lipinski definition) is 0. The van der Waals surface area contributed by atoms with Crippen LogP contribution >= 0.6 is 23.2 Å². The molecule has 0 saturated heterocycles. The van der Waals surface area contributed by atoms with E-state index in [-0.39, 0.29) is 0 Å². The van der Waals surface area contributed by atoms with E-state index in [2.05, 4.69) is 23.2 Å². The van der Waals surface area contributed by atoms with E-state index in [1.807, 2.05) is 0 Å². The average molecular weight is 316 g/mol. The zero-order valence-electron chi connectivity index (χ0n) is 7.10. The Morgan fingerprint density at radius 1 is 0.706 bits per heavy atom. The third-order valence-corrected chi connectivity index (χ3v) is 1.73. The molecule has 0 aromatic heterocycles. The highest BCUT2D eigenvalue weighted by Crippen LogP contribution is 2.43. The van der Waals surface area contributed by atoms with Crippen molar-refractivity contribution in [1.29, 1.82) is 0 Å². The SMILES string of the molecule is FC(F)(F)C(=NC(Cl)(Cl)C(F)(F)F)C(F)(F)F. The number of alkyl halides is 11. The van der Waals surface area contributed by atoms with E-state index in [4.69, 9.17) is 0 Å². The van der Waals surface area contributed by atoms with Gasteiger partial charge in [0.1, 0.15) is 0 Å². The van der Waals surface area contributed by atoms with Crippen LogP contribution in [0.1, 0.15) is 0 Å². The Morgan fingerprint density at radius 2 is 1.00 bits per heavy atom. The van der Waals surface area contributed by atoms with Gasteiger partial charge >= 0.3 is 23.0 Å². The fourth-order valence-electron chi connectivity index (χ4n) is 0.491. The molecule has 1 nitrogen and oxygen atoms in total. The molecule has 0 aliphatic rings. The lowest BCUT2D eigenvalue weighted by Gasteiger charge is -2.21. The van der Waals surface area contributed by atoms with Crippen LogP contribution in [0.4, 0.5) is 39.5 Å². The second kappa shape index (κ2) is 4.38. The third kappa shape index (κ3) is 4.41. The van der Waals surface area contributed by atoms with E-state index >= 15 is 0 Å². The molecule has 0 atom stereocenters. The maximum Gasteiger partial charge on any atom is 0.442 e. The van der Waals surface area contributed by atoms with Crippen LogP contribution in [0.5, 0.6) is 0 Å². The lowest BCUT2D eigenvalue weighted by atomic mass is 10.3. The Morgan fingerprint density at radius 3 is 1.18 bits per heavy atom. The van der Waals surface area contributed by atoms with Crippen molar-refractivity contribution in [3.05, 3.63) is 0 Å². The van der Waals surface area contributed by atoms with Crippen molar-refractivity contribution in [1.82, 2.24) is 0 Å². The van der Waals surface area contributed by atoms with Gasteiger partial charge in [-0.15, -0.1) is 0 Å². The minimum Gasteiger partial charge on any atom is -0.229 e. The first kappa shape index (κ1) is 16.6. The van der Waals surface area contributed by atoms with E-state index in [0.29, 0.717) is 0 Å². The number of aliphatic imine (C=N–C) groups is 1. The summed E-state index contributed by atoms with van der Waals surface area (Å²) in [4.78, 5) is 1.29. The molecule has 0 aromatic carbocycles. The maximum absolute atomic E-state index is 11.9. The zero-order valence-corrected chi connectivity index (χ0v) is 8.62. The fraction of sp³-hybridized carbons (Fsp3) is 0.800. The first-order valence-electron chi connectivity index (χ1n) is 3.28. The zero-order chi connectivity index (χ0) is 14.3. The molecule has 0 rings (SSSR count). The summed E-state index contributed by atoms with van der Waals surface area (Å²) in [5.74, 6) is 0. The molecule has 0 aliphatic heterocycles. The normalized spacial score (nSPS) is 14.8. The molecule has 0 radical (unpaired) electrons. The summed E-state index contributed by atoms with van der Waals surface area (Å²) in [5.41, 5.74) is -3.67. The lowest BCUT2D eigenvalue weighted by Crippen LogP contribution is -2.42. The van der Waals surface area contributed by atoms with Gasteiger partial charge in [-0.25, -0.2) is 4.99 Å². The first-order chi connectivity index (χ1) is 7.09. The van der Waals surface area contributed by atoms with Crippen molar-refractivity contribution in [3.8, 4) is 0 Å². The van der Waals surface area contributed by atoms with Gasteiger partial charge in [0, 0.05) is 0 Å². The van der Waals surface area contributed by atoms with Gasteiger partial charge in [0.25, 0.3) is 0 Å². The van der Waals surface area contributed by atoms with Gasteiger partial charge in [0.15, 0.2) is 0 Å². The lowest BCUT2D eigenvalue weighted by molar-refractivity contribution is -0.143. The summed E-state index contributed by atoms with van der Waals surface area (Å²) in [6.45, 7) is 0. The minimum atomic E-state index is -6.17. The Balaban J connectivity index is 5.67. The fourth-order valence-corrected chi connectivity index (χ4v) is 0.660. The van der Waals surface area contributed by atoms with Gasteiger partial charge in [0.2, 0.25) is 5.71 Å². The van der Waals surface area contributed by atoms with Crippen LogP contribution < -0.4 is 0 Å². The summed E-state index contributed by atoms with van der Waals surface area (Å²) in [6.07, 6.45) is -18.1. The Kier molecular flexibility index (Phi) is 4.28. The number of nitrogens with zero attached hydrogens (tertiary/aromatic N) is 1. The van der Waals surface area contributed by atoms with Crippen molar-refractivity contribution < 1.29 is 39.5 Å². The number of halogens is 11. The number of rotatable bonds is 1. The molecule has 12 heteroatoms. The van der Waals surface area contributed by atoms with Crippen LogP contribution in [0.25, 0.3) is 0 Å². The molecule has 0 spiro atoms. The van der Waals surface area contributed by atoms with Crippen LogP contribution in [-0.4, -0.2) is 28.7 Å². The van der Waals surface area contributed by atoms with Crippen LogP contribution in [0.15, 0.2) is 4.99 Å². The molecular formula is C5Cl2F9N. The van der Waals surface area contributed by atoms with Gasteiger partial charge in [-0.1, -0.05) is 23.2 Å². The quantitative estimate of drug-likeness (QED) is 0.297. The largest absolute Gasteiger partial charge is 0.442 e. The third-order valence-electron chi connectivity index (χ3n) is 1.13. The predicted octanol–water partition coefficient (Wildman–Crippen LogP) is 4.25. The van der Waals surface area contributed by atoms with E-state index < -0.39 is 28.7 Å². The molecule has 0 heterocycles. The molecule has 0 aliphatic carbocycles. The Hall–Kier alpha value is -0.380. The topological polar surface area (TPSA) is 12.4 Å². The minimum absolute atomic E-state index is 1.29. The van der Waals surface area contributed by atoms with E-state index in [1.54, 1.807) is 0 Å². The second-order valence-electron chi connectivity index (χ2n) is 2.49. The second-order valence-corrected chi connectivity index (χ2v) is 3.78. The van der Waals surface area contributed by atoms with Crippen LogP contribution in [0.3, 0.4) is 0 Å². The Bertz CT molecular complexity index is 293. The van der Waals surface area contributed by atoms with E-state index in [9.17, 15) is 39.5 Å². The highest BCUT2D eigenvalue weighted by atomic mass is 35.5.